The molecule has 1 rings (SSSR count). The number of hydrogen-bond donors (Lipinski definition) is 2. The number of carbonyl (C=O) groups excluding carboxylic acids is 1. The number of urea groups is 1. The summed E-state index contributed by atoms with van der Waals surface area (Å²) in [6, 6.07) is 1.67. The molecule has 2 amide bonds. The summed E-state index contributed by atoms with van der Waals surface area (Å²) in [7, 11) is 0. The molecular formula is C9H7F5N2O. The van der Waals surface area contributed by atoms with Gasteiger partial charge in [0.15, 0.2) is 11.6 Å². The van der Waals surface area contributed by atoms with Crippen molar-refractivity contribution in [3.63, 3.8) is 0 Å². The number of nitrogens with one attached hydrogen (secondary N) is 2. The molecule has 0 fully saturated rings. The SMILES string of the molecule is O=C(NCC(F)(F)F)Nc1cccc(F)c1F. The Balaban J connectivity index is 2.60. The fourth-order valence-electron chi connectivity index (χ4n) is 0.947. The number of alkyl halides is 3. The fraction of sp³-hybridized carbons (Fsp3) is 0.222. The van der Waals surface area contributed by atoms with Crippen molar-refractivity contribution in [1.29, 1.82) is 0 Å². The third-order valence-corrected chi connectivity index (χ3v) is 1.65. The van der Waals surface area contributed by atoms with Gasteiger partial charge in [-0.15, -0.1) is 0 Å². The molecule has 0 unspecified atom stereocenters. The van der Waals surface area contributed by atoms with Crippen molar-refractivity contribution in [3.8, 4) is 0 Å². The predicted octanol–water partition coefficient (Wildman–Crippen LogP) is 2.65. The van der Waals surface area contributed by atoms with E-state index in [2.05, 4.69) is 0 Å². The lowest BCUT2D eigenvalue weighted by Gasteiger charge is -2.10. The van der Waals surface area contributed by atoms with E-state index in [9.17, 15) is 26.7 Å². The van der Waals surface area contributed by atoms with E-state index in [-0.39, 0.29) is 0 Å². The molecule has 17 heavy (non-hydrogen) atoms. The maximum Gasteiger partial charge on any atom is 0.405 e. The van der Waals surface area contributed by atoms with E-state index < -0.39 is 36.1 Å². The van der Waals surface area contributed by atoms with E-state index in [1.54, 1.807) is 5.32 Å². The Bertz CT molecular complexity index is 418. The van der Waals surface area contributed by atoms with Gasteiger partial charge in [0, 0.05) is 0 Å². The first-order valence-electron chi connectivity index (χ1n) is 4.35. The highest BCUT2D eigenvalue weighted by atomic mass is 19.4. The van der Waals surface area contributed by atoms with Crippen molar-refractivity contribution in [2.24, 2.45) is 0 Å². The summed E-state index contributed by atoms with van der Waals surface area (Å²) in [4.78, 5) is 10.9. The molecule has 0 aromatic heterocycles. The Hall–Kier alpha value is -1.86. The number of rotatable bonds is 2. The quantitative estimate of drug-likeness (QED) is 0.782. The lowest BCUT2D eigenvalue weighted by molar-refractivity contribution is -0.122. The van der Waals surface area contributed by atoms with Gasteiger partial charge in [-0.3, -0.25) is 0 Å². The molecule has 0 aliphatic heterocycles. The highest BCUT2D eigenvalue weighted by Crippen LogP contribution is 2.16. The Kier molecular flexibility index (Phi) is 3.87. The average Bonchev–Trinajstić information content (AvgIpc) is 2.21. The van der Waals surface area contributed by atoms with E-state index >= 15 is 0 Å². The van der Waals surface area contributed by atoms with Crippen LogP contribution in [-0.4, -0.2) is 18.8 Å². The Labute approximate surface area is 92.6 Å². The van der Waals surface area contributed by atoms with E-state index in [4.69, 9.17) is 0 Å². The van der Waals surface area contributed by atoms with Crippen molar-refractivity contribution in [2.75, 3.05) is 11.9 Å². The molecule has 3 nitrogen and oxygen atoms in total. The molecule has 8 heteroatoms. The largest absolute Gasteiger partial charge is 0.405 e. The van der Waals surface area contributed by atoms with Crippen LogP contribution in [0.15, 0.2) is 18.2 Å². The minimum Gasteiger partial charge on any atom is -0.329 e. The van der Waals surface area contributed by atoms with Gasteiger partial charge in [-0.2, -0.15) is 13.2 Å². The second-order valence-electron chi connectivity index (χ2n) is 3.02. The van der Waals surface area contributed by atoms with E-state index in [1.807, 2.05) is 0 Å². The lowest BCUT2D eigenvalue weighted by atomic mass is 10.3. The maximum atomic E-state index is 13.0. The smallest absolute Gasteiger partial charge is 0.329 e. The number of anilines is 1. The van der Waals surface area contributed by atoms with E-state index in [1.165, 1.54) is 5.32 Å². The molecule has 1 aromatic rings. The highest BCUT2D eigenvalue weighted by molar-refractivity contribution is 5.89. The van der Waals surface area contributed by atoms with Crippen LogP contribution in [0, 0.1) is 11.6 Å². The molecule has 0 saturated heterocycles. The summed E-state index contributed by atoms with van der Waals surface area (Å²) in [6.07, 6.45) is -4.57. The zero-order valence-electron chi connectivity index (χ0n) is 8.24. The minimum atomic E-state index is -4.57. The molecule has 1 aromatic carbocycles. The second-order valence-corrected chi connectivity index (χ2v) is 3.02. The molecule has 0 saturated carbocycles. The first-order chi connectivity index (χ1) is 7.79. The molecule has 0 aliphatic carbocycles. The lowest BCUT2D eigenvalue weighted by Crippen LogP contribution is -2.36. The normalized spacial score (nSPS) is 11.1. The summed E-state index contributed by atoms with van der Waals surface area (Å²) < 4.78 is 60.8. The Morgan fingerprint density at radius 2 is 1.88 bits per heavy atom. The van der Waals surface area contributed by atoms with Gasteiger partial charge in [-0.05, 0) is 12.1 Å². The summed E-state index contributed by atoms with van der Waals surface area (Å²) in [5.74, 6) is -2.55. The van der Waals surface area contributed by atoms with Crippen molar-refractivity contribution >= 4 is 11.7 Å². The van der Waals surface area contributed by atoms with Crippen molar-refractivity contribution in [2.45, 2.75) is 6.18 Å². The van der Waals surface area contributed by atoms with Gasteiger partial charge in [0.25, 0.3) is 0 Å². The van der Waals surface area contributed by atoms with Crippen LogP contribution in [0.2, 0.25) is 0 Å². The first-order valence-corrected chi connectivity index (χ1v) is 4.35. The van der Waals surface area contributed by atoms with Gasteiger partial charge in [0.05, 0.1) is 5.69 Å². The first kappa shape index (κ1) is 13.2. The van der Waals surface area contributed by atoms with Crippen LogP contribution < -0.4 is 10.6 Å². The number of carbonyl (C=O) groups is 1. The number of amides is 2. The van der Waals surface area contributed by atoms with E-state index in [0.29, 0.717) is 0 Å². The molecular weight excluding hydrogens is 247 g/mol. The molecule has 0 spiro atoms. The van der Waals surface area contributed by atoms with Crippen molar-refractivity contribution in [3.05, 3.63) is 29.8 Å². The van der Waals surface area contributed by atoms with Crippen LogP contribution in [0.25, 0.3) is 0 Å². The van der Waals surface area contributed by atoms with Gasteiger partial charge in [-0.25, -0.2) is 13.6 Å². The van der Waals surface area contributed by atoms with Gasteiger partial charge < -0.3 is 10.6 Å². The summed E-state index contributed by atoms with van der Waals surface area (Å²) in [5.41, 5.74) is -0.537. The number of hydrogen-bond acceptors (Lipinski definition) is 1. The fourth-order valence-corrected chi connectivity index (χ4v) is 0.947. The van der Waals surface area contributed by atoms with Crippen LogP contribution in [0.3, 0.4) is 0 Å². The summed E-state index contributed by atoms with van der Waals surface area (Å²) in [5, 5.41) is 3.21. The van der Waals surface area contributed by atoms with Gasteiger partial charge in [0.2, 0.25) is 0 Å². The monoisotopic (exact) mass is 254 g/mol. The topological polar surface area (TPSA) is 41.1 Å². The highest BCUT2D eigenvalue weighted by Gasteiger charge is 2.27. The zero-order chi connectivity index (χ0) is 13.1. The minimum absolute atomic E-state index is 0.537. The number of halogens is 5. The van der Waals surface area contributed by atoms with Crippen LogP contribution in [0.1, 0.15) is 0 Å². The van der Waals surface area contributed by atoms with Crippen LogP contribution in [0.5, 0.6) is 0 Å². The van der Waals surface area contributed by atoms with Gasteiger partial charge in [0.1, 0.15) is 6.54 Å². The maximum absolute atomic E-state index is 13.0. The second kappa shape index (κ2) is 4.98. The van der Waals surface area contributed by atoms with Crippen molar-refractivity contribution in [1.82, 2.24) is 5.32 Å². The Morgan fingerprint density at radius 3 is 2.47 bits per heavy atom. The molecule has 2 N–H and O–H groups in total. The molecule has 0 bridgehead atoms. The molecule has 0 aliphatic rings. The predicted molar refractivity (Wildman–Crippen MR) is 49.4 cm³/mol. The standard InChI is InChI=1S/C9H7F5N2O/c10-5-2-1-3-6(7(5)11)16-8(17)15-4-9(12,13)14/h1-3H,4H2,(H2,15,16,17). The number of benzene rings is 1. The summed E-state index contributed by atoms with van der Waals surface area (Å²) in [6.45, 7) is -1.56. The van der Waals surface area contributed by atoms with Crippen LogP contribution in [-0.2, 0) is 0 Å². The zero-order valence-corrected chi connectivity index (χ0v) is 8.24. The van der Waals surface area contributed by atoms with E-state index in [0.717, 1.165) is 18.2 Å². The van der Waals surface area contributed by atoms with Crippen LogP contribution in [0.4, 0.5) is 32.4 Å². The average molecular weight is 254 g/mol. The molecule has 0 atom stereocenters. The van der Waals surface area contributed by atoms with Gasteiger partial charge in [-0.1, -0.05) is 6.07 Å². The van der Waals surface area contributed by atoms with Gasteiger partial charge >= 0.3 is 12.2 Å². The Morgan fingerprint density at radius 1 is 1.24 bits per heavy atom. The third-order valence-electron chi connectivity index (χ3n) is 1.65. The van der Waals surface area contributed by atoms with Crippen molar-refractivity contribution < 1.29 is 26.7 Å². The molecule has 0 radical (unpaired) electrons. The molecule has 0 heterocycles. The third kappa shape index (κ3) is 4.25. The summed E-state index contributed by atoms with van der Waals surface area (Å²) >= 11 is 0. The molecule has 94 valence electrons. The van der Waals surface area contributed by atoms with Crippen LogP contribution >= 0.6 is 0 Å².